The quantitative estimate of drug-likeness (QED) is 0.491. The molecule has 1 aromatic carbocycles. The average Bonchev–Trinajstić information content (AvgIpc) is 3.04. The Balaban J connectivity index is 1.82. The van der Waals surface area contributed by atoms with E-state index in [1.165, 1.54) is 25.3 Å². The van der Waals surface area contributed by atoms with E-state index in [4.69, 9.17) is 18.6 Å². The number of hydrogen-bond acceptors (Lipinski definition) is 6. The molecule has 0 bridgehead atoms. The number of Topliss-reactive ketones (excluding diaryl/α,β-unsaturated/α-hetero) is 1. The fourth-order valence-corrected chi connectivity index (χ4v) is 2.17. The van der Waals surface area contributed by atoms with Crippen molar-refractivity contribution in [2.24, 2.45) is 0 Å². The van der Waals surface area contributed by atoms with Crippen molar-refractivity contribution in [3.63, 3.8) is 0 Å². The first-order valence-electron chi connectivity index (χ1n) is 6.91. The van der Waals surface area contributed by atoms with Gasteiger partial charge in [-0.3, -0.25) is 4.79 Å². The molecule has 3 rings (SSSR count). The Labute approximate surface area is 132 Å². The summed E-state index contributed by atoms with van der Waals surface area (Å²) in [6.45, 7) is 1.66. The van der Waals surface area contributed by atoms with Gasteiger partial charge in [0.15, 0.2) is 5.76 Å². The van der Waals surface area contributed by atoms with E-state index in [0.29, 0.717) is 17.1 Å². The molecule has 118 valence electrons. The maximum Gasteiger partial charge on any atom is 0.337 e. The zero-order chi connectivity index (χ0) is 16.4. The van der Waals surface area contributed by atoms with Crippen LogP contribution in [0.3, 0.4) is 0 Å². The van der Waals surface area contributed by atoms with Crippen LogP contribution in [0.1, 0.15) is 21.9 Å². The molecule has 0 radical (unpaired) electrons. The number of carbonyl (C=O) groups excluding carboxylic acids is 2. The standard InChI is InChI=1S/C17H14O6/c1-10-3-4-11(21-10)8-15-17(19)13-6-5-12(7-14(13)23-15)22-16(18)9-20-2/h3-8H,9H2,1-2H3/b15-8-. The number of allylic oxidation sites excluding steroid dienone is 1. The number of carbonyl (C=O) groups is 2. The molecule has 1 aromatic heterocycles. The molecule has 2 aromatic rings. The van der Waals surface area contributed by atoms with Crippen LogP contribution in [0.5, 0.6) is 11.5 Å². The Morgan fingerprint density at radius 2 is 2.09 bits per heavy atom. The van der Waals surface area contributed by atoms with Crippen LogP contribution in [0.4, 0.5) is 0 Å². The maximum atomic E-state index is 12.3. The predicted octanol–water partition coefficient (Wildman–Crippen LogP) is 2.76. The first-order valence-corrected chi connectivity index (χ1v) is 6.91. The summed E-state index contributed by atoms with van der Waals surface area (Å²) in [6.07, 6.45) is 1.53. The first-order chi connectivity index (χ1) is 11.1. The number of methoxy groups -OCH3 is 1. The highest BCUT2D eigenvalue weighted by molar-refractivity contribution is 6.14. The second-order valence-electron chi connectivity index (χ2n) is 4.95. The van der Waals surface area contributed by atoms with Gasteiger partial charge in [-0.05, 0) is 31.2 Å². The van der Waals surface area contributed by atoms with Gasteiger partial charge in [0.25, 0.3) is 0 Å². The minimum atomic E-state index is -0.529. The summed E-state index contributed by atoms with van der Waals surface area (Å²) < 4.78 is 20.7. The van der Waals surface area contributed by atoms with E-state index in [1.807, 2.05) is 6.92 Å². The van der Waals surface area contributed by atoms with Crippen LogP contribution >= 0.6 is 0 Å². The van der Waals surface area contributed by atoms with Crippen molar-refractivity contribution < 1.29 is 28.2 Å². The van der Waals surface area contributed by atoms with E-state index in [9.17, 15) is 9.59 Å². The highest BCUT2D eigenvalue weighted by atomic mass is 16.6. The first kappa shape index (κ1) is 15.1. The lowest BCUT2D eigenvalue weighted by molar-refractivity contribution is -0.138. The van der Waals surface area contributed by atoms with Crippen LogP contribution < -0.4 is 9.47 Å². The van der Waals surface area contributed by atoms with Crippen molar-refractivity contribution >= 4 is 17.8 Å². The number of esters is 1. The Morgan fingerprint density at radius 1 is 1.26 bits per heavy atom. The average molecular weight is 314 g/mol. The number of fused-ring (bicyclic) bond motifs is 1. The lowest BCUT2D eigenvalue weighted by Gasteiger charge is -2.04. The summed E-state index contributed by atoms with van der Waals surface area (Å²) >= 11 is 0. The van der Waals surface area contributed by atoms with Crippen LogP contribution in [0, 0.1) is 6.92 Å². The third-order valence-electron chi connectivity index (χ3n) is 3.17. The van der Waals surface area contributed by atoms with Crippen LogP contribution in [0.15, 0.2) is 40.5 Å². The fraction of sp³-hybridized carbons (Fsp3) is 0.176. The van der Waals surface area contributed by atoms with E-state index >= 15 is 0 Å². The molecular formula is C17H14O6. The summed E-state index contributed by atoms with van der Waals surface area (Å²) in [6, 6.07) is 8.14. The maximum absolute atomic E-state index is 12.3. The second kappa shape index (κ2) is 6.10. The molecule has 0 N–H and O–H groups in total. The van der Waals surface area contributed by atoms with Crippen LogP contribution in [0.25, 0.3) is 6.08 Å². The lowest BCUT2D eigenvalue weighted by Crippen LogP contribution is -2.14. The Bertz CT molecular complexity index is 799. The number of furan rings is 1. The number of benzene rings is 1. The largest absolute Gasteiger partial charge is 0.462 e. The van der Waals surface area contributed by atoms with Gasteiger partial charge in [-0.25, -0.2) is 4.79 Å². The van der Waals surface area contributed by atoms with Gasteiger partial charge in [0, 0.05) is 19.3 Å². The van der Waals surface area contributed by atoms with Gasteiger partial charge in [0.1, 0.15) is 29.6 Å². The molecule has 2 heterocycles. The van der Waals surface area contributed by atoms with Gasteiger partial charge in [-0.15, -0.1) is 0 Å². The zero-order valence-electron chi connectivity index (χ0n) is 12.6. The van der Waals surface area contributed by atoms with Crippen LogP contribution in [0.2, 0.25) is 0 Å². The highest BCUT2D eigenvalue weighted by Gasteiger charge is 2.28. The van der Waals surface area contributed by atoms with Crippen molar-refractivity contribution in [2.45, 2.75) is 6.92 Å². The molecule has 1 aliphatic heterocycles. The van der Waals surface area contributed by atoms with E-state index in [1.54, 1.807) is 18.2 Å². The second-order valence-corrected chi connectivity index (χ2v) is 4.95. The molecule has 0 spiro atoms. The van der Waals surface area contributed by atoms with Gasteiger partial charge in [0.05, 0.1) is 5.56 Å². The normalized spacial score (nSPS) is 14.7. The highest BCUT2D eigenvalue weighted by Crippen LogP contribution is 2.35. The SMILES string of the molecule is COCC(=O)Oc1ccc2c(c1)O/C(=C\c1ccc(C)o1)C2=O. The monoisotopic (exact) mass is 314 g/mol. The number of rotatable bonds is 4. The third kappa shape index (κ3) is 3.17. The minimum Gasteiger partial charge on any atom is -0.462 e. The minimum absolute atomic E-state index is 0.153. The molecule has 6 heteroatoms. The van der Waals surface area contributed by atoms with Gasteiger partial charge < -0.3 is 18.6 Å². The van der Waals surface area contributed by atoms with Crippen molar-refractivity contribution in [1.82, 2.24) is 0 Å². The Morgan fingerprint density at radius 3 is 2.78 bits per heavy atom. The molecular weight excluding hydrogens is 300 g/mol. The Hall–Kier alpha value is -2.86. The number of ether oxygens (including phenoxy) is 3. The predicted molar refractivity (Wildman–Crippen MR) is 80.3 cm³/mol. The van der Waals surface area contributed by atoms with Gasteiger partial charge in [0.2, 0.25) is 5.78 Å². The van der Waals surface area contributed by atoms with Gasteiger partial charge in [-0.2, -0.15) is 0 Å². The Kier molecular flexibility index (Phi) is 3.99. The molecule has 0 atom stereocenters. The molecule has 1 aliphatic rings. The molecule has 0 fully saturated rings. The molecule has 0 unspecified atom stereocenters. The molecule has 0 saturated heterocycles. The molecule has 0 saturated carbocycles. The van der Waals surface area contributed by atoms with E-state index in [2.05, 4.69) is 0 Å². The van der Waals surface area contributed by atoms with Crippen LogP contribution in [-0.2, 0) is 9.53 Å². The van der Waals surface area contributed by atoms with Gasteiger partial charge >= 0.3 is 5.97 Å². The summed E-state index contributed by atoms with van der Waals surface area (Å²) in [5, 5.41) is 0. The lowest BCUT2D eigenvalue weighted by atomic mass is 10.1. The van der Waals surface area contributed by atoms with Crippen LogP contribution in [-0.4, -0.2) is 25.5 Å². The fourth-order valence-electron chi connectivity index (χ4n) is 2.17. The smallest absolute Gasteiger partial charge is 0.337 e. The zero-order valence-corrected chi connectivity index (χ0v) is 12.6. The van der Waals surface area contributed by atoms with Crippen molar-refractivity contribution in [2.75, 3.05) is 13.7 Å². The summed E-state index contributed by atoms with van der Waals surface area (Å²) in [5.41, 5.74) is 0.408. The van der Waals surface area contributed by atoms with Gasteiger partial charge in [-0.1, -0.05) is 0 Å². The number of ketones is 1. The van der Waals surface area contributed by atoms with Crippen molar-refractivity contribution in [3.8, 4) is 11.5 Å². The van der Waals surface area contributed by atoms with Crippen molar-refractivity contribution in [3.05, 3.63) is 53.2 Å². The molecule has 0 amide bonds. The van der Waals surface area contributed by atoms with Crippen molar-refractivity contribution in [1.29, 1.82) is 0 Å². The number of hydrogen-bond donors (Lipinski definition) is 0. The van der Waals surface area contributed by atoms with E-state index in [-0.39, 0.29) is 23.9 Å². The molecule has 6 nitrogen and oxygen atoms in total. The molecule has 23 heavy (non-hydrogen) atoms. The number of aryl methyl sites for hydroxylation is 1. The molecule has 0 aliphatic carbocycles. The third-order valence-corrected chi connectivity index (χ3v) is 3.17. The van der Waals surface area contributed by atoms with E-state index < -0.39 is 5.97 Å². The summed E-state index contributed by atoms with van der Waals surface area (Å²) in [7, 11) is 1.40. The summed E-state index contributed by atoms with van der Waals surface area (Å²) in [4.78, 5) is 23.7. The van der Waals surface area contributed by atoms with E-state index in [0.717, 1.165) is 5.76 Å². The topological polar surface area (TPSA) is 75.0 Å². The summed E-state index contributed by atoms with van der Waals surface area (Å²) in [5.74, 6) is 1.29.